The summed E-state index contributed by atoms with van der Waals surface area (Å²) in [7, 11) is -3.53. The quantitative estimate of drug-likeness (QED) is 0.702. The lowest BCUT2D eigenvalue weighted by Crippen LogP contribution is -2.46. The van der Waals surface area contributed by atoms with E-state index in [1.165, 1.54) is 11.1 Å². The van der Waals surface area contributed by atoms with Gasteiger partial charge in [-0.05, 0) is 57.6 Å². The van der Waals surface area contributed by atoms with Crippen molar-refractivity contribution in [3.8, 4) is 0 Å². The van der Waals surface area contributed by atoms with Gasteiger partial charge in [-0.2, -0.15) is 0 Å². The van der Waals surface area contributed by atoms with Crippen LogP contribution in [0, 0.1) is 5.92 Å². The molecule has 0 saturated carbocycles. The summed E-state index contributed by atoms with van der Waals surface area (Å²) in [4.78, 5) is 28.5. The molecule has 2 N–H and O–H groups in total. The molecule has 2 heterocycles. The van der Waals surface area contributed by atoms with Crippen molar-refractivity contribution >= 4 is 22.0 Å². The van der Waals surface area contributed by atoms with Crippen molar-refractivity contribution in [2.45, 2.75) is 57.3 Å². The molecule has 3 rings (SSSR count). The summed E-state index contributed by atoms with van der Waals surface area (Å²) in [6, 6.07) is 0. The highest BCUT2D eigenvalue weighted by Crippen LogP contribution is 2.38. The molecular weight excluding hydrogens is 370 g/mol. The molecule has 8 nitrogen and oxygen atoms in total. The van der Waals surface area contributed by atoms with Crippen LogP contribution >= 0.6 is 0 Å². The number of hydrogen-bond donors (Lipinski definition) is 1. The van der Waals surface area contributed by atoms with E-state index in [1.807, 2.05) is 20.8 Å². The minimum absolute atomic E-state index is 0.0843. The average Bonchev–Trinajstić information content (AvgIpc) is 3.10. The number of ether oxygens (including phenoxy) is 1. The molecule has 2 amide bonds. The van der Waals surface area contributed by atoms with Gasteiger partial charge in [0.1, 0.15) is 5.60 Å². The first kappa shape index (κ1) is 20.1. The highest BCUT2D eigenvalue weighted by Gasteiger charge is 2.39. The molecule has 0 spiro atoms. The molecule has 1 saturated heterocycles. The van der Waals surface area contributed by atoms with Gasteiger partial charge in [0.25, 0.3) is 0 Å². The zero-order chi connectivity index (χ0) is 20.0. The molecule has 0 aromatic carbocycles. The molecule has 1 fully saturated rings. The Kier molecular flexibility index (Phi) is 5.28. The second kappa shape index (κ2) is 7.09. The van der Waals surface area contributed by atoms with Crippen LogP contribution in [-0.2, 0) is 19.6 Å². The van der Waals surface area contributed by atoms with E-state index in [4.69, 9.17) is 9.88 Å². The van der Waals surface area contributed by atoms with Gasteiger partial charge in [0.2, 0.25) is 15.9 Å². The third-order valence-corrected chi connectivity index (χ3v) is 6.87. The van der Waals surface area contributed by atoms with Crippen LogP contribution < -0.4 is 5.14 Å². The van der Waals surface area contributed by atoms with E-state index in [0.29, 0.717) is 51.9 Å². The molecule has 9 heteroatoms. The van der Waals surface area contributed by atoms with Crippen molar-refractivity contribution in [2.75, 3.05) is 26.2 Å². The number of sulfonamides is 1. The smallest absolute Gasteiger partial charge is 0.410 e. The normalized spacial score (nSPS) is 22.4. The average molecular weight is 400 g/mol. The van der Waals surface area contributed by atoms with Crippen molar-refractivity contribution in [3.05, 3.63) is 11.1 Å². The SMILES string of the molecule is CC(C)(C)OC(=O)N1CC2=C(CC(C(=O)N3CCC(S(N)(=O)=O)CC3)C2)C1. The minimum Gasteiger partial charge on any atom is -0.444 e. The van der Waals surface area contributed by atoms with Crippen LogP contribution in [0.25, 0.3) is 0 Å². The van der Waals surface area contributed by atoms with Crippen LogP contribution in [0.4, 0.5) is 4.79 Å². The third-order valence-electron chi connectivity index (χ3n) is 5.47. The number of rotatable bonds is 2. The van der Waals surface area contributed by atoms with E-state index in [-0.39, 0.29) is 17.9 Å². The molecule has 1 aliphatic carbocycles. The second-order valence-electron chi connectivity index (χ2n) is 8.76. The highest BCUT2D eigenvalue weighted by atomic mass is 32.2. The number of carbonyl (C=O) groups excluding carboxylic acids is 2. The molecule has 3 aliphatic rings. The first-order valence-electron chi connectivity index (χ1n) is 9.42. The minimum atomic E-state index is -3.53. The van der Waals surface area contributed by atoms with Crippen LogP contribution in [0.5, 0.6) is 0 Å². The van der Waals surface area contributed by atoms with Crippen molar-refractivity contribution in [1.82, 2.24) is 9.80 Å². The molecule has 152 valence electrons. The number of nitrogens with two attached hydrogens (primary N) is 1. The molecule has 0 atom stereocenters. The standard InChI is InChI=1S/C18H29N3O5S/c1-18(2,3)26-17(23)21-10-13-8-12(9-14(13)11-21)16(22)20-6-4-15(5-7-20)27(19,24)25/h12,15H,4-11H2,1-3H3,(H2,19,24,25). The van der Waals surface area contributed by atoms with Gasteiger partial charge in [-0.3, -0.25) is 4.79 Å². The zero-order valence-corrected chi connectivity index (χ0v) is 17.0. The largest absolute Gasteiger partial charge is 0.444 e. The van der Waals surface area contributed by atoms with Gasteiger partial charge in [-0.15, -0.1) is 0 Å². The first-order chi connectivity index (χ1) is 12.4. The van der Waals surface area contributed by atoms with E-state index in [2.05, 4.69) is 0 Å². The van der Waals surface area contributed by atoms with Crippen LogP contribution in [0.3, 0.4) is 0 Å². The molecule has 2 aliphatic heterocycles. The predicted molar refractivity (Wildman–Crippen MR) is 100 cm³/mol. The summed E-state index contributed by atoms with van der Waals surface area (Å²) in [5.41, 5.74) is 1.81. The number of hydrogen-bond acceptors (Lipinski definition) is 5. The van der Waals surface area contributed by atoms with E-state index in [1.54, 1.807) is 9.80 Å². The number of primary sulfonamides is 1. The van der Waals surface area contributed by atoms with E-state index in [0.717, 1.165) is 0 Å². The maximum absolute atomic E-state index is 12.8. The molecule has 27 heavy (non-hydrogen) atoms. The predicted octanol–water partition coefficient (Wildman–Crippen LogP) is 1.22. The Bertz CT molecular complexity index is 742. The summed E-state index contributed by atoms with van der Waals surface area (Å²) in [5.74, 6) is -0.0112. The molecular formula is C18H29N3O5S. The van der Waals surface area contributed by atoms with Crippen LogP contribution in [0.2, 0.25) is 0 Å². The van der Waals surface area contributed by atoms with Crippen molar-refractivity contribution in [2.24, 2.45) is 11.1 Å². The Morgan fingerprint density at radius 2 is 1.56 bits per heavy atom. The van der Waals surface area contributed by atoms with Gasteiger partial charge in [-0.1, -0.05) is 0 Å². The van der Waals surface area contributed by atoms with Gasteiger partial charge in [-0.25, -0.2) is 18.4 Å². The van der Waals surface area contributed by atoms with Crippen molar-refractivity contribution < 1.29 is 22.7 Å². The Balaban J connectivity index is 1.50. The van der Waals surface area contributed by atoms with Crippen molar-refractivity contribution in [3.63, 3.8) is 0 Å². The maximum Gasteiger partial charge on any atom is 0.410 e. The van der Waals surface area contributed by atoms with Crippen LogP contribution in [0.1, 0.15) is 46.5 Å². The lowest BCUT2D eigenvalue weighted by molar-refractivity contribution is -0.136. The fourth-order valence-corrected chi connectivity index (χ4v) is 4.99. The maximum atomic E-state index is 12.8. The van der Waals surface area contributed by atoms with E-state index < -0.39 is 20.9 Å². The van der Waals surface area contributed by atoms with Crippen LogP contribution in [-0.4, -0.2) is 67.2 Å². The summed E-state index contributed by atoms with van der Waals surface area (Å²) in [6.07, 6.45) is 1.82. The van der Waals surface area contributed by atoms with Gasteiger partial charge in [0.05, 0.1) is 5.25 Å². The Hall–Kier alpha value is -1.61. The Morgan fingerprint density at radius 1 is 1.04 bits per heavy atom. The fraction of sp³-hybridized carbons (Fsp3) is 0.778. The highest BCUT2D eigenvalue weighted by molar-refractivity contribution is 7.89. The lowest BCUT2D eigenvalue weighted by atomic mass is 10.00. The monoisotopic (exact) mass is 399 g/mol. The third kappa shape index (κ3) is 4.63. The van der Waals surface area contributed by atoms with Gasteiger partial charge in [0, 0.05) is 32.1 Å². The molecule has 0 aromatic heterocycles. The number of amides is 2. The van der Waals surface area contributed by atoms with Crippen molar-refractivity contribution in [1.29, 1.82) is 0 Å². The van der Waals surface area contributed by atoms with Crippen LogP contribution in [0.15, 0.2) is 11.1 Å². The fourth-order valence-electron chi connectivity index (χ4n) is 4.12. The summed E-state index contributed by atoms with van der Waals surface area (Å²) >= 11 is 0. The first-order valence-corrected chi connectivity index (χ1v) is 11.0. The van der Waals surface area contributed by atoms with E-state index >= 15 is 0 Å². The summed E-state index contributed by atoms with van der Waals surface area (Å²) in [5, 5.41) is 4.67. The summed E-state index contributed by atoms with van der Waals surface area (Å²) in [6.45, 7) is 7.46. The van der Waals surface area contributed by atoms with Gasteiger partial charge in [0.15, 0.2) is 0 Å². The molecule has 0 radical (unpaired) electrons. The van der Waals surface area contributed by atoms with Gasteiger partial charge >= 0.3 is 6.09 Å². The molecule has 0 aromatic rings. The zero-order valence-electron chi connectivity index (χ0n) is 16.2. The molecule has 0 unspecified atom stereocenters. The number of carbonyl (C=O) groups is 2. The lowest BCUT2D eigenvalue weighted by Gasteiger charge is -2.33. The van der Waals surface area contributed by atoms with Gasteiger partial charge < -0.3 is 14.5 Å². The second-order valence-corrected chi connectivity index (χ2v) is 10.6. The Labute approximate surface area is 160 Å². The number of likely N-dealkylation sites (tertiary alicyclic amines) is 2. The number of piperidine rings is 1. The Morgan fingerprint density at radius 3 is 2.00 bits per heavy atom. The molecule has 0 bridgehead atoms. The topological polar surface area (TPSA) is 110 Å². The number of nitrogens with zero attached hydrogens (tertiary/aromatic N) is 2. The van der Waals surface area contributed by atoms with E-state index in [9.17, 15) is 18.0 Å². The summed E-state index contributed by atoms with van der Waals surface area (Å²) < 4.78 is 28.3.